The normalized spacial score (nSPS) is 14.2. The predicted octanol–water partition coefficient (Wildman–Crippen LogP) is 13.6. The highest BCUT2D eigenvalue weighted by Gasteiger charge is 2.25. The van der Waals surface area contributed by atoms with E-state index in [0.29, 0.717) is 5.84 Å². The molecule has 1 aliphatic carbocycles. The van der Waals surface area contributed by atoms with Crippen LogP contribution in [0.15, 0.2) is 228 Å². The van der Waals surface area contributed by atoms with Crippen molar-refractivity contribution in [2.24, 2.45) is 10.1 Å². The molecule has 10 aromatic rings. The Morgan fingerprint density at radius 1 is 0.468 bits per heavy atom. The first kappa shape index (κ1) is 35.7. The zero-order valence-corrected chi connectivity index (χ0v) is 33.9. The SMILES string of the molecule is C=CC1=CC=C(C2=NNN(c3ccc4ccccc4c3)C(c3cccc(-n4c5ccccc5c5ccc(-c6ccc7c(c6)c6ccccc6n7-c6ccccc6)cc54)c3)=N2)CC1. The summed E-state index contributed by atoms with van der Waals surface area (Å²) in [6, 6.07) is 65.5. The Morgan fingerprint density at radius 2 is 1.15 bits per heavy atom. The number of aliphatic imine (C=N–C) groups is 1. The van der Waals surface area contributed by atoms with Gasteiger partial charge in [-0.2, -0.15) is 0 Å². The van der Waals surface area contributed by atoms with Gasteiger partial charge in [0.25, 0.3) is 0 Å². The number of nitrogens with one attached hydrogen (secondary N) is 1. The molecule has 0 amide bonds. The van der Waals surface area contributed by atoms with Crippen molar-refractivity contribution in [2.75, 3.05) is 5.01 Å². The van der Waals surface area contributed by atoms with Gasteiger partial charge in [0.2, 0.25) is 0 Å². The molecule has 2 aliphatic rings. The van der Waals surface area contributed by atoms with E-state index in [2.05, 4.69) is 215 Å². The van der Waals surface area contributed by atoms with Gasteiger partial charge >= 0.3 is 0 Å². The Hall–Kier alpha value is -8.22. The summed E-state index contributed by atoms with van der Waals surface area (Å²) in [4.78, 5) is 5.33. The number of fused-ring (bicyclic) bond motifs is 7. The molecule has 1 N–H and O–H groups in total. The lowest BCUT2D eigenvalue weighted by Gasteiger charge is -2.29. The van der Waals surface area contributed by atoms with Gasteiger partial charge in [0.05, 0.1) is 27.8 Å². The lowest BCUT2D eigenvalue weighted by molar-refractivity contribution is 0.762. The third-order valence-electron chi connectivity index (χ3n) is 12.5. The van der Waals surface area contributed by atoms with E-state index in [1.165, 1.54) is 49.1 Å². The van der Waals surface area contributed by atoms with Crippen LogP contribution in [0.2, 0.25) is 0 Å². The molecule has 2 aromatic heterocycles. The summed E-state index contributed by atoms with van der Waals surface area (Å²) < 4.78 is 4.77. The van der Waals surface area contributed by atoms with Gasteiger partial charge in [0, 0.05) is 38.5 Å². The molecule has 0 unspecified atom stereocenters. The largest absolute Gasteiger partial charge is 0.309 e. The number of hydrazine groups is 1. The number of hydrogen-bond donors (Lipinski definition) is 1. The Kier molecular flexibility index (Phi) is 8.35. The van der Waals surface area contributed by atoms with Gasteiger partial charge in [0.15, 0.2) is 11.7 Å². The summed E-state index contributed by atoms with van der Waals surface area (Å²) in [5.41, 5.74) is 16.8. The zero-order valence-electron chi connectivity index (χ0n) is 33.9. The number of hydrazone groups is 1. The first-order valence-electron chi connectivity index (χ1n) is 21.1. The average Bonchev–Trinajstić information content (AvgIpc) is 3.86. The number of aromatic nitrogens is 2. The van der Waals surface area contributed by atoms with Crippen LogP contribution in [-0.2, 0) is 0 Å². The summed E-state index contributed by atoms with van der Waals surface area (Å²) in [7, 11) is 0. The summed E-state index contributed by atoms with van der Waals surface area (Å²) >= 11 is 0. The lowest BCUT2D eigenvalue weighted by atomic mass is 9.97. The van der Waals surface area contributed by atoms with Crippen molar-refractivity contribution in [1.82, 2.24) is 14.7 Å². The molecule has 0 fully saturated rings. The fraction of sp³-hybridized carbons (Fsp3) is 0.0357. The number of rotatable bonds is 7. The van der Waals surface area contributed by atoms with Crippen LogP contribution in [0.4, 0.5) is 5.69 Å². The molecule has 6 heteroatoms. The fourth-order valence-electron chi connectivity index (χ4n) is 9.38. The van der Waals surface area contributed by atoms with Crippen molar-refractivity contribution >= 4 is 71.7 Å². The van der Waals surface area contributed by atoms with Crippen molar-refractivity contribution in [1.29, 1.82) is 0 Å². The molecule has 62 heavy (non-hydrogen) atoms. The summed E-state index contributed by atoms with van der Waals surface area (Å²) in [5.74, 6) is 1.46. The van der Waals surface area contributed by atoms with Gasteiger partial charge < -0.3 is 9.13 Å². The third-order valence-corrected chi connectivity index (χ3v) is 12.5. The molecular formula is C56H40N6. The average molecular weight is 797 g/mol. The van der Waals surface area contributed by atoms with Crippen molar-refractivity contribution < 1.29 is 0 Å². The molecule has 0 spiro atoms. The number of para-hydroxylation sites is 3. The number of nitrogens with zero attached hydrogens (tertiary/aromatic N) is 5. The smallest absolute Gasteiger partial charge is 0.179 e. The highest BCUT2D eigenvalue weighted by molar-refractivity contribution is 6.19. The minimum atomic E-state index is 0.687. The van der Waals surface area contributed by atoms with Crippen LogP contribution in [-0.4, -0.2) is 20.8 Å². The topological polar surface area (TPSA) is 49.9 Å². The monoisotopic (exact) mass is 796 g/mol. The molecule has 0 atom stereocenters. The zero-order chi connectivity index (χ0) is 41.1. The molecule has 12 rings (SSSR count). The summed E-state index contributed by atoms with van der Waals surface area (Å²) in [6.45, 7) is 3.98. The molecule has 8 aromatic carbocycles. The van der Waals surface area contributed by atoms with Gasteiger partial charge in [-0.15, -0.1) is 5.10 Å². The number of benzene rings is 8. The Bertz CT molecular complexity index is 3580. The molecule has 3 heterocycles. The second-order valence-corrected chi connectivity index (χ2v) is 16.0. The standard InChI is InChI=1S/C56H40N6/c1-2-37-23-25-39(26-24-37)55-57-56(62(59-58-55)46-30-27-38-13-6-7-14-40(38)33-46)43-15-12-18-45(34-43)61-51-21-10-8-19-47(51)49-31-28-42(36-54(49)61)41-29-32-53-50(35-41)48-20-9-11-22-52(48)60(53)44-16-4-3-5-17-44/h2-23,25,27-36,59H,1,24,26H2. The second-order valence-electron chi connectivity index (χ2n) is 16.0. The Morgan fingerprint density at radius 3 is 1.95 bits per heavy atom. The van der Waals surface area contributed by atoms with Crippen molar-refractivity contribution in [3.63, 3.8) is 0 Å². The van der Waals surface area contributed by atoms with Crippen LogP contribution < -0.4 is 10.5 Å². The van der Waals surface area contributed by atoms with Gasteiger partial charge in [-0.1, -0.05) is 140 Å². The van der Waals surface area contributed by atoms with E-state index in [9.17, 15) is 0 Å². The number of allylic oxidation sites excluding steroid dienone is 4. The number of amidine groups is 2. The molecule has 0 bridgehead atoms. The quantitative estimate of drug-likeness (QED) is 0.175. The van der Waals surface area contributed by atoms with Crippen LogP contribution in [0.5, 0.6) is 0 Å². The van der Waals surface area contributed by atoms with Crippen molar-refractivity contribution in [3.8, 4) is 22.5 Å². The highest BCUT2D eigenvalue weighted by atomic mass is 15.7. The van der Waals surface area contributed by atoms with E-state index >= 15 is 0 Å². The van der Waals surface area contributed by atoms with E-state index < -0.39 is 0 Å². The Labute approximate surface area is 359 Å². The summed E-state index contributed by atoms with van der Waals surface area (Å²) in [5, 5.41) is 14.1. The van der Waals surface area contributed by atoms with Crippen molar-refractivity contribution in [3.05, 3.63) is 224 Å². The first-order chi connectivity index (χ1) is 30.7. The maximum Gasteiger partial charge on any atom is 0.179 e. The van der Waals surface area contributed by atoms with E-state index in [1.54, 1.807) is 0 Å². The molecule has 0 saturated heterocycles. The van der Waals surface area contributed by atoms with Crippen molar-refractivity contribution in [2.45, 2.75) is 12.8 Å². The van der Waals surface area contributed by atoms with E-state index in [0.717, 1.165) is 68.9 Å². The van der Waals surface area contributed by atoms with E-state index in [-0.39, 0.29) is 0 Å². The van der Waals surface area contributed by atoms with Gasteiger partial charge in [-0.25, -0.2) is 15.5 Å². The van der Waals surface area contributed by atoms with Crippen LogP contribution in [0.1, 0.15) is 18.4 Å². The lowest BCUT2D eigenvalue weighted by Crippen LogP contribution is -2.44. The molecule has 1 aliphatic heterocycles. The number of hydrogen-bond acceptors (Lipinski definition) is 4. The molecule has 0 radical (unpaired) electrons. The van der Waals surface area contributed by atoms with Crippen LogP contribution in [0.3, 0.4) is 0 Å². The third kappa shape index (κ3) is 5.87. The molecule has 6 nitrogen and oxygen atoms in total. The maximum absolute atomic E-state index is 5.33. The highest BCUT2D eigenvalue weighted by Crippen LogP contribution is 2.39. The van der Waals surface area contributed by atoms with Gasteiger partial charge in [-0.05, 0) is 113 Å². The Balaban J connectivity index is 1.00. The summed E-state index contributed by atoms with van der Waals surface area (Å²) in [6.07, 6.45) is 7.93. The number of anilines is 1. The molecule has 0 saturated carbocycles. The predicted molar refractivity (Wildman–Crippen MR) is 260 cm³/mol. The van der Waals surface area contributed by atoms with E-state index in [1.807, 2.05) is 11.1 Å². The molecule has 294 valence electrons. The fourth-order valence-corrected chi connectivity index (χ4v) is 9.38. The minimum absolute atomic E-state index is 0.687. The maximum atomic E-state index is 5.33. The van der Waals surface area contributed by atoms with Crippen LogP contribution in [0.25, 0.3) is 76.9 Å². The van der Waals surface area contributed by atoms with Gasteiger partial charge in [-0.3, -0.25) is 0 Å². The van der Waals surface area contributed by atoms with Crippen LogP contribution in [0, 0.1) is 0 Å². The minimum Gasteiger partial charge on any atom is -0.309 e. The first-order valence-corrected chi connectivity index (χ1v) is 21.1. The van der Waals surface area contributed by atoms with Crippen LogP contribution >= 0.6 is 0 Å². The van der Waals surface area contributed by atoms with E-state index in [4.69, 9.17) is 10.1 Å². The van der Waals surface area contributed by atoms with Gasteiger partial charge in [0.1, 0.15) is 0 Å². The second kappa shape index (κ2) is 14.5. The molecular weight excluding hydrogens is 757 g/mol.